The molecule has 0 unspecified atom stereocenters. The van der Waals surface area contributed by atoms with Crippen molar-refractivity contribution < 1.29 is 34.0 Å². The third kappa shape index (κ3) is 10.1. The molecular weight excluding hydrogens is 672 g/mol. The number of nitriles is 1. The summed E-state index contributed by atoms with van der Waals surface area (Å²) in [5.41, 5.74) is 6.38. The molecule has 4 aromatic rings. The van der Waals surface area contributed by atoms with Crippen LogP contribution < -0.4 is 14.2 Å². The lowest BCUT2D eigenvalue weighted by Crippen LogP contribution is -2.37. The van der Waals surface area contributed by atoms with Crippen LogP contribution in [0, 0.1) is 25.2 Å². The van der Waals surface area contributed by atoms with E-state index in [1.807, 2.05) is 24.3 Å². The van der Waals surface area contributed by atoms with Crippen LogP contribution >= 0.6 is 11.6 Å². The van der Waals surface area contributed by atoms with Gasteiger partial charge < -0.3 is 29.2 Å². The van der Waals surface area contributed by atoms with Crippen LogP contribution in [0.2, 0.25) is 5.02 Å². The van der Waals surface area contributed by atoms with Crippen molar-refractivity contribution in [3.05, 3.63) is 105 Å². The van der Waals surface area contributed by atoms with Crippen LogP contribution in [0.15, 0.2) is 72.0 Å². The summed E-state index contributed by atoms with van der Waals surface area (Å²) in [7, 11) is 0. The number of aliphatic carboxylic acids is 1. The maximum atomic E-state index is 11.4. The number of halogens is 1. The van der Waals surface area contributed by atoms with E-state index in [0.717, 1.165) is 72.8 Å². The minimum Gasteiger partial charge on any atom is -0.493 e. The molecule has 0 amide bonds. The molecule has 0 spiro atoms. The molecule has 1 fully saturated rings. The second kappa shape index (κ2) is 18.3. The van der Waals surface area contributed by atoms with Gasteiger partial charge in [0.15, 0.2) is 0 Å². The maximum Gasteiger partial charge on any atom is 0.352 e. The number of carboxylic acid groups (broad SMARTS) is 1. The van der Waals surface area contributed by atoms with Crippen LogP contribution in [0.3, 0.4) is 0 Å². The van der Waals surface area contributed by atoms with Crippen molar-refractivity contribution in [1.82, 2.24) is 9.88 Å². The van der Waals surface area contributed by atoms with Gasteiger partial charge >= 0.3 is 5.97 Å². The number of carbonyl (C=O) groups is 1. The Kier molecular flexibility index (Phi) is 13.4. The van der Waals surface area contributed by atoms with Crippen LogP contribution in [0.1, 0.15) is 39.8 Å². The number of aliphatic hydroxyl groups excluding tert-OH is 1. The van der Waals surface area contributed by atoms with Crippen LogP contribution in [-0.4, -0.2) is 77.8 Å². The van der Waals surface area contributed by atoms with E-state index in [-0.39, 0.29) is 24.8 Å². The van der Waals surface area contributed by atoms with Crippen molar-refractivity contribution in [2.24, 2.45) is 4.99 Å². The highest BCUT2D eigenvalue weighted by Gasteiger charge is 2.17. The summed E-state index contributed by atoms with van der Waals surface area (Å²) >= 11 is 6.67. The number of ether oxygens (including phenoxy) is 4. The molecule has 3 aromatic carbocycles. The van der Waals surface area contributed by atoms with E-state index in [4.69, 9.17) is 30.5 Å². The normalized spacial score (nSPS) is 13.4. The van der Waals surface area contributed by atoms with Gasteiger partial charge in [-0.2, -0.15) is 5.26 Å². The number of morpholine rings is 1. The van der Waals surface area contributed by atoms with Gasteiger partial charge in [-0.3, -0.25) is 14.9 Å². The summed E-state index contributed by atoms with van der Waals surface area (Å²) in [6.45, 7) is 8.73. The van der Waals surface area contributed by atoms with Gasteiger partial charge in [-0.1, -0.05) is 41.9 Å². The number of aliphatic imine (C=N–C) groups is 1. The molecule has 51 heavy (non-hydrogen) atoms. The number of hydrogen-bond donors (Lipinski definition) is 2. The largest absolute Gasteiger partial charge is 0.493 e. The quantitative estimate of drug-likeness (QED) is 0.102. The molecule has 1 aliphatic heterocycles. The summed E-state index contributed by atoms with van der Waals surface area (Å²) in [5, 5.41) is 28.3. The second-order valence-electron chi connectivity index (χ2n) is 12.1. The maximum absolute atomic E-state index is 11.4. The number of pyridine rings is 1. The summed E-state index contributed by atoms with van der Waals surface area (Å²) < 4.78 is 24.0. The molecule has 0 bridgehead atoms. The first kappa shape index (κ1) is 37.3. The van der Waals surface area contributed by atoms with E-state index in [0.29, 0.717) is 34.8 Å². The van der Waals surface area contributed by atoms with Gasteiger partial charge in [-0.05, 0) is 66.3 Å². The number of aromatic nitrogens is 1. The molecular formula is C39H41ClN4O7. The number of rotatable bonds is 16. The average molecular weight is 713 g/mol. The van der Waals surface area contributed by atoms with E-state index >= 15 is 0 Å². The van der Waals surface area contributed by atoms with Gasteiger partial charge in [0.1, 0.15) is 42.2 Å². The van der Waals surface area contributed by atoms with E-state index in [1.54, 1.807) is 24.4 Å². The standard InChI is InChI=1S/C39H41ClN4O7/c1-26-30(6-3-7-32(26)33-8-4-9-36(27(33)2)49-13-5-10-44-11-14-48-15-12-44)25-51-38-18-37(50-24-29-16-28(19-41)20-42-21-29)31(17-34(38)40)22-43-35(23-45)39(46)47/h3-4,6-9,16-18,20-21,45H,5,10-15,22-25H2,1-2H3,(H,46,47)/b43-35+. The highest BCUT2D eigenvalue weighted by molar-refractivity contribution is 6.36. The van der Waals surface area contributed by atoms with E-state index in [9.17, 15) is 20.3 Å². The number of benzene rings is 3. The molecule has 266 valence electrons. The molecule has 1 saturated heterocycles. The lowest BCUT2D eigenvalue weighted by molar-refractivity contribution is -0.129. The minimum atomic E-state index is -1.32. The monoisotopic (exact) mass is 712 g/mol. The predicted octanol–water partition coefficient (Wildman–Crippen LogP) is 6.17. The smallest absolute Gasteiger partial charge is 0.352 e. The molecule has 12 heteroatoms. The van der Waals surface area contributed by atoms with Crippen molar-refractivity contribution in [2.45, 2.75) is 40.0 Å². The molecule has 1 aromatic heterocycles. The summed E-state index contributed by atoms with van der Waals surface area (Å²) in [5.74, 6) is 0.254. The number of aliphatic hydroxyl groups is 1. The zero-order valence-electron chi connectivity index (χ0n) is 28.7. The molecule has 1 aliphatic rings. The molecule has 5 rings (SSSR count). The van der Waals surface area contributed by atoms with E-state index in [1.165, 1.54) is 6.20 Å². The Morgan fingerprint density at radius 3 is 2.45 bits per heavy atom. The topological polar surface area (TPSA) is 147 Å². The first-order valence-corrected chi connectivity index (χ1v) is 17.1. The van der Waals surface area contributed by atoms with Gasteiger partial charge in [0.2, 0.25) is 0 Å². The second-order valence-corrected chi connectivity index (χ2v) is 12.5. The van der Waals surface area contributed by atoms with E-state index in [2.05, 4.69) is 46.9 Å². The third-order valence-corrected chi connectivity index (χ3v) is 8.95. The molecule has 2 N–H and O–H groups in total. The highest BCUT2D eigenvalue weighted by Crippen LogP contribution is 2.36. The van der Waals surface area contributed by atoms with Crippen molar-refractivity contribution in [1.29, 1.82) is 5.26 Å². The SMILES string of the molecule is Cc1c(COc2cc(OCc3cncc(C#N)c3)c(C/N=C(\CO)C(=O)O)cc2Cl)cccc1-c1cccc(OCCCN2CCOCC2)c1C. The summed E-state index contributed by atoms with van der Waals surface area (Å²) in [6, 6.07) is 19.2. The molecule has 0 aliphatic carbocycles. The van der Waals surface area contributed by atoms with Crippen LogP contribution in [-0.2, 0) is 29.3 Å². The predicted molar refractivity (Wildman–Crippen MR) is 194 cm³/mol. The zero-order valence-corrected chi connectivity index (χ0v) is 29.5. The Morgan fingerprint density at radius 1 is 0.961 bits per heavy atom. The highest BCUT2D eigenvalue weighted by atomic mass is 35.5. The van der Waals surface area contributed by atoms with Gasteiger partial charge in [0, 0.05) is 49.2 Å². The minimum absolute atomic E-state index is 0.0727. The third-order valence-electron chi connectivity index (χ3n) is 8.65. The zero-order chi connectivity index (χ0) is 36.2. The van der Waals surface area contributed by atoms with Gasteiger partial charge in [-0.15, -0.1) is 0 Å². The summed E-state index contributed by atoms with van der Waals surface area (Å²) in [4.78, 5) is 21.9. The Morgan fingerprint density at radius 2 is 1.71 bits per heavy atom. The molecule has 0 atom stereocenters. The van der Waals surface area contributed by atoms with Crippen molar-refractivity contribution in [3.8, 4) is 34.4 Å². The fraction of sp³-hybridized carbons (Fsp3) is 0.333. The Bertz CT molecular complexity index is 1900. The molecule has 0 saturated carbocycles. The number of hydrogen-bond acceptors (Lipinski definition) is 10. The Labute approximate surface area is 302 Å². The Balaban J connectivity index is 1.32. The Hall–Kier alpha value is -4.99. The first-order valence-electron chi connectivity index (χ1n) is 16.7. The van der Waals surface area contributed by atoms with Gasteiger partial charge in [0.05, 0.1) is 43.6 Å². The van der Waals surface area contributed by atoms with Gasteiger partial charge in [-0.25, -0.2) is 4.79 Å². The molecule has 0 radical (unpaired) electrons. The van der Waals surface area contributed by atoms with Crippen LogP contribution in [0.25, 0.3) is 11.1 Å². The lowest BCUT2D eigenvalue weighted by atomic mass is 9.93. The van der Waals surface area contributed by atoms with Gasteiger partial charge in [0.25, 0.3) is 0 Å². The number of nitrogens with zero attached hydrogens (tertiary/aromatic N) is 4. The first-order chi connectivity index (χ1) is 24.8. The van der Waals surface area contributed by atoms with Crippen molar-refractivity contribution in [2.75, 3.05) is 46.1 Å². The van der Waals surface area contributed by atoms with Crippen molar-refractivity contribution >= 4 is 23.3 Å². The lowest BCUT2D eigenvalue weighted by Gasteiger charge is -2.26. The number of carboxylic acids is 1. The molecule has 11 nitrogen and oxygen atoms in total. The van der Waals surface area contributed by atoms with Crippen LogP contribution in [0.4, 0.5) is 0 Å². The van der Waals surface area contributed by atoms with E-state index < -0.39 is 18.3 Å². The summed E-state index contributed by atoms with van der Waals surface area (Å²) in [6.07, 6.45) is 3.99. The van der Waals surface area contributed by atoms with Crippen molar-refractivity contribution in [3.63, 3.8) is 0 Å². The average Bonchev–Trinajstić information content (AvgIpc) is 3.14. The fourth-order valence-electron chi connectivity index (χ4n) is 5.74. The van der Waals surface area contributed by atoms with Crippen LogP contribution in [0.5, 0.6) is 17.2 Å². The molecule has 2 heterocycles. The fourth-order valence-corrected chi connectivity index (χ4v) is 5.98.